The highest BCUT2D eigenvalue weighted by Crippen LogP contribution is 2.70. The number of ether oxygens (including phenoxy) is 2. The Morgan fingerprint density at radius 1 is 0.567 bits per heavy atom. The van der Waals surface area contributed by atoms with E-state index >= 15 is 0 Å². The van der Waals surface area contributed by atoms with Crippen LogP contribution < -0.4 is 5.22 Å². The van der Waals surface area contributed by atoms with Gasteiger partial charge in [0.1, 0.15) is 13.2 Å². The van der Waals surface area contributed by atoms with E-state index < -0.39 is 0 Å². The summed E-state index contributed by atoms with van der Waals surface area (Å²) in [6.45, 7) is 1.30. The number of rotatable bonds is 0. The van der Waals surface area contributed by atoms with Crippen LogP contribution >= 0.6 is 93.2 Å². The van der Waals surface area contributed by atoms with Gasteiger partial charge in [0.05, 0.1) is 30.6 Å². The molecule has 0 saturated heterocycles. The first kappa shape index (κ1) is 19.3. The zero-order chi connectivity index (χ0) is 19.7. The molecule has 10 heteroatoms. The lowest BCUT2D eigenvalue weighted by atomic mass is 10.3. The smallest absolute Gasteiger partial charge is 0.208 e. The molecular formula is C20H10O2S8. The van der Waals surface area contributed by atoms with Crippen molar-refractivity contribution in [2.75, 3.05) is 13.2 Å². The van der Waals surface area contributed by atoms with Crippen LogP contribution in [0.25, 0.3) is 24.4 Å². The Morgan fingerprint density at radius 2 is 1.03 bits per heavy atom. The standard InChI is InChI=1S/C20H10O2S8/c1-3-9-11(10-4-2-8-24-13(10)12(9)23-7-1)16-27-19-20(28-16)30-18(29-19)17-25-14-15(26-17)22-6-5-21-14/h1-4,7-8H,5-6H2. The minimum Gasteiger partial charge on any atom is -0.480 e. The molecule has 1 aromatic carbocycles. The van der Waals surface area contributed by atoms with Gasteiger partial charge in [0.15, 0.2) is 0 Å². The molecular weight excluding hydrogens is 529 g/mol. The van der Waals surface area contributed by atoms with Gasteiger partial charge >= 0.3 is 0 Å². The van der Waals surface area contributed by atoms with Gasteiger partial charge in [-0.1, -0.05) is 71.3 Å². The Kier molecular flexibility index (Phi) is 4.94. The Bertz CT molecular complexity index is 1310. The van der Waals surface area contributed by atoms with E-state index in [1.807, 2.05) is 69.7 Å². The molecule has 150 valence electrons. The molecule has 2 aromatic heterocycles. The number of hydrogen-bond acceptors (Lipinski definition) is 10. The van der Waals surface area contributed by atoms with E-state index in [0.717, 1.165) is 10.2 Å². The molecule has 0 amide bonds. The summed E-state index contributed by atoms with van der Waals surface area (Å²) >= 11 is 14.8. The normalized spacial score (nSPS) is 21.0. The van der Waals surface area contributed by atoms with E-state index in [0.29, 0.717) is 13.2 Å². The van der Waals surface area contributed by atoms with Crippen molar-refractivity contribution in [1.29, 1.82) is 0 Å². The molecule has 0 aliphatic carbocycles. The first-order valence-corrected chi connectivity index (χ1v) is 15.6. The van der Waals surface area contributed by atoms with Crippen LogP contribution in [0.5, 0.6) is 0 Å². The monoisotopic (exact) mass is 538 g/mol. The Morgan fingerprint density at radius 3 is 1.57 bits per heavy atom. The number of fused-ring (bicyclic) bond motifs is 3. The van der Waals surface area contributed by atoms with Crippen molar-refractivity contribution in [3.8, 4) is 0 Å². The van der Waals surface area contributed by atoms with Gasteiger partial charge in [-0.3, -0.25) is 0 Å². The van der Waals surface area contributed by atoms with Gasteiger partial charge in [0.2, 0.25) is 10.2 Å². The third-order valence-corrected chi connectivity index (χ3v) is 15.2. The summed E-state index contributed by atoms with van der Waals surface area (Å²) in [5.41, 5.74) is 0. The van der Waals surface area contributed by atoms with E-state index in [-0.39, 0.29) is 0 Å². The number of hydrogen-bond donors (Lipinski definition) is 0. The van der Waals surface area contributed by atoms with E-state index in [4.69, 9.17) is 9.47 Å². The van der Waals surface area contributed by atoms with Crippen LogP contribution in [0.2, 0.25) is 0 Å². The molecule has 0 unspecified atom stereocenters. The molecule has 0 spiro atoms. The predicted molar refractivity (Wildman–Crippen MR) is 143 cm³/mol. The van der Waals surface area contributed by atoms with Crippen LogP contribution in [0.4, 0.5) is 0 Å². The Labute approximate surface area is 206 Å². The van der Waals surface area contributed by atoms with Crippen LogP contribution in [-0.2, 0) is 9.47 Å². The average molecular weight is 539 g/mol. The summed E-state index contributed by atoms with van der Waals surface area (Å²) in [6, 6.07) is 8.90. The summed E-state index contributed by atoms with van der Waals surface area (Å²) in [5, 5.41) is 10.4. The zero-order valence-corrected chi connectivity index (χ0v) is 21.5. The number of thioether (sulfide) groups is 6. The van der Waals surface area contributed by atoms with E-state index in [9.17, 15) is 0 Å². The molecule has 2 nitrogen and oxygen atoms in total. The maximum atomic E-state index is 5.75. The highest BCUT2D eigenvalue weighted by atomic mass is 32.3. The fraction of sp³-hybridized carbons (Fsp3) is 0.100. The zero-order valence-electron chi connectivity index (χ0n) is 15.0. The summed E-state index contributed by atoms with van der Waals surface area (Å²) in [5.74, 6) is 0. The average Bonchev–Trinajstić information content (AvgIpc) is 3.52. The predicted octanol–water partition coefficient (Wildman–Crippen LogP) is 8.33. The highest BCUT2D eigenvalue weighted by Gasteiger charge is 2.36. The minimum atomic E-state index is 0.650. The van der Waals surface area contributed by atoms with Crippen LogP contribution in [0, 0.1) is 0 Å². The molecule has 30 heavy (non-hydrogen) atoms. The Hall–Kier alpha value is -0.200. The largest absolute Gasteiger partial charge is 0.480 e. The maximum absolute atomic E-state index is 5.75. The van der Waals surface area contributed by atoms with Gasteiger partial charge in [0.25, 0.3) is 0 Å². The van der Waals surface area contributed by atoms with Gasteiger partial charge in [-0.25, -0.2) is 0 Å². The maximum Gasteiger partial charge on any atom is 0.208 e. The van der Waals surface area contributed by atoms with Crippen molar-refractivity contribution in [3.05, 3.63) is 67.4 Å². The molecule has 3 aromatic rings. The van der Waals surface area contributed by atoms with Gasteiger partial charge in [-0.05, 0) is 34.3 Å². The minimum absolute atomic E-state index is 0.650. The lowest BCUT2D eigenvalue weighted by Crippen LogP contribution is -2.08. The lowest BCUT2D eigenvalue weighted by molar-refractivity contribution is 0.0949. The van der Waals surface area contributed by atoms with Gasteiger partial charge in [-0.2, -0.15) is 0 Å². The van der Waals surface area contributed by atoms with Gasteiger partial charge in [0, 0.05) is 16.0 Å². The van der Waals surface area contributed by atoms with Crippen molar-refractivity contribution in [2.45, 2.75) is 0 Å². The summed E-state index contributed by atoms with van der Waals surface area (Å²) in [6.07, 6.45) is 0. The second-order valence-corrected chi connectivity index (χ2v) is 15.6. The third-order valence-electron chi connectivity index (χ3n) is 4.66. The summed E-state index contributed by atoms with van der Waals surface area (Å²) < 4.78 is 21.2. The van der Waals surface area contributed by atoms with Crippen molar-refractivity contribution >= 4 is 118 Å². The first-order valence-electron chi connectivity index (χ1n) is 8.98. The third kappa shape index (κ3) is 3.06. The van der Waals surface area contributed by atoms with E-state index in [1.165, 1.54) is 46.6 Å². The van der Waals surface area contributed by atoms with Crippen LogP contribution in [0.15, 0.2) is 62.2 Å². The van der Waals surface area contributed by atoms with Crippen LogP contribution in [-0.4, -0.2) is 13.2 Å². The quantitative estimate of drug-likeness (QED) is 0.281. The van der Waals surface area contributed by atoms with Gasteiger partial charge < -0.3 is 9.47 Å². The van der Waals surface area contributed by atoms with Crippen molar-refractivity contribution < 1.29 is 9.47 Å². The first-order chi connectivity index (χ1) is 14.8. The molecule has 4 aliphatic heterocycles. The van der Waals surface area contributed by atoms with E-state index in [1.54, 1.807) is 23.5 Å². The van der Waals surface area contributed by atoms with Gasteiger partial charge in [-0.15, -0.1) is 22.7 Å². The fourth-order valence-electron chi connectivity index (χ4n) is 3.45. The summed E-state index contributed by atoms with van der Waals surface area (Å²) in [7, 11) is 0. The second kappa shape index (κ2) is 7.69. The fourth-order valence-corrected chi connectivity index (χ4v) is 14.4. The van der Waals surface area contributed by atoms with Crippen LogP contribution in [0.3, 0.4) is 0 Å². The molecule has 6 heterocycles. The molecule has 0 bridgehead atoms. The SMILES string of the molecule is c1csc2c(c1)c(=C1SC3=C(SC(=C4SC5=C(OCCO5)S4)S3)S1)c1cccsc12. The molecule has 7 rings (SSSR count). The van der Waals surface area contributed by atoms with Crippen molar-refractivity contribution in [3.63, 3.8) is 0 Å². The van der Waals surface area contributed by atoms with Crippen molar-refractivity contribution in [1.82, 2.24) is 0 Å². The molecule has 4 aliphatic rings. The van der Waals surface area contributed by atoms with Crippen LogP contribution in [0.1, 0.15) is 0 Å². The van der Waals surface area contributed by atoms with Crippen molar-refractivity contribution in [2.24, 2.45) is 0 Å². The lowest BCUT2D eigenvalue weighted by Gasteiger charge is -2.13. The molecule has 0 radical (unpaired) electrons. The highest BCUT2D eigenvalue weighted by molar-refractivity contribution is 8.52. The topological polar surface area (TPSA) is 18.5 Å². The summed E-state index contributed by atoms with van der Waals surface area (Å²) in [4.78, 5) is 0. The molecule has 0 saturated carbocycles. The molecule has 0 atom stereocenters. The van der Waals surface area contributed by atoms with E-state index in [2.05, 4.69) is 35.0 Å². The second-order valence-electron chi connectivity index (χ2n) is 6.41. The molecule has 0 fully saturated rings. The Balaban J connectivity index is 1.25. The molecule has 0 N–H and O–H groups in total.